The van der Waals surface area contributed by atoms with Crippen LogP contribution in [0.1, 0.15) is 158 Å². The maximum absolute atomic E-state index is 7.88. The number of nitrogens with one attached hydrogen (secondary N) is 1. The predicted octanol–water partition coefficient (Wildman–Crippen LogP) is 10.2. The second-order valence-corrected chi connectivity index (χ2v) is 20.3. The number of nitrogens with zero attached hydrogens (tertiary/aromatic N) is 1. The van der Waals surface area contributed by atoms with Crippen molar-refractivity contribution in [3.8, 4) is 0 Å². The molecule has 8 aliphatic rings. The number of fused-ring (bicyclic) bond motifs is 12. The van der Waals surface area contributed by atoms with Crippen LogP contribution < -0.4 is 5.32 Å². The van der Waals surface area contributed by atoms with Gasteiger partial charge in [0.25, 0.3) is 0 Å². The van der Waals surface area contributed by atoms with Gasteiger partial charge in [-0.15, -0.1) is 0 Å². The lowest BCUT2D eigenvalue weighted by molar-refractivity contribution is -0.420. The molecule has 0 aromatic rings. The van der Waals surface area contributed by atoms with Gasteiger partial charge in [0.2, 0.25) is 5.91 Å². The standard InChI is InChI=1S/C44H76N2O3/c1-9-27(10-2)40-26(5)41(28(11-3)12-4)49-44(48-40)35-21-20-32-31(24-43(6,7)8)18-15-19-33(32)37(35)39-38-34-22-29-16-13-14-17-30(29)23-36(34)47-42(38)45-25-46(39)44/h26-42,45H,9-25H2,1-8H3. The summed E-state index contributed by atoms with van der Waals surface area (Å²) in [6, 6.07) is 0.505. The van der Waals surface area contributed by atoms with E-state index in [1.54, 1.807) is 0 Å². The van der Waals surface area contributed by atoms with E-state index >= 15 is 0 Å². The van der Waals surface area contributed by atoms with Crippen molar-refractivity contribution < 1.29 is 14.2 Å². The predicted molar refractivity (Wildman–Crippen MR) is 198 cm³/mol. The highest BCUT2D eigenvalue weighted by atomic mass is 16.7. The van der Waals surface area contributed by atoms with Gasteiger partial charge in [-0.1, -0.05) is 120 Å². The lowest BCUT2D eigenvalue weighted by Crippen LogP contribution is -2.69. The number of ether oxygens (including phenoxy) is 3. The molecule has 4 heterocycles. The molecule has 5 heteroatoms. The van der Waals surface area contributed by atoms with Gasteiger partial charge in [-0.2, -0.15) is 0 Å². The van der Waals surface area contributed by atoms with E-state index in [0.717, 1.165) is 36.3 Å². The monoisotopic (exact) mass is 681 g/mol. The van der Waals surface area contributed by atoms with E-state index in [0.29, 0.717) is 59.0 Å². The quantitative estimate of drug-likeness (QED) is 0.290. The Morgan fingerprint density at radius 2 is 1.39 bits per heavy atom. The summed E-state index contributed by atoms with van der Waals surface area (Å²) >= 11 is 0. The zero-order valence-electron chi connectivity index (χ0n) is 33.0. The number of hydrogen-bond donors (Lipinski definition) is 1. The fourth-order valence-electron chi connectivity index (χ4n) is 14.9. The van der Waals surface area contributed by atoms with Crippen LogP contribution in [0.25, 0.3) is 0 Å². The fraction of sp³-hybridized carbons (Fsp3) is 1.00. The molecule has 0 amide bonds. The summed E-state index contributed by atoms with van der Waals surface area (Å²) in [7, 11) is 0. The Labute approximate surface area is 301 Å². The van der Waals surface area contributed by atoms with Gasteiger partial charge >= 0.3 is 0 Å². The van der Waals surface area contributed by atoms with Crippen LogP contribution >= 0.6 is 0 Å². The van der Waals surface area contributed by atoms with Gasteiger partial charge in [0.15, 0.2) is 0 Å². The summed E-state index contributed by atoms with van der Waals surface area (Å²) in [5, 5.41) is 4.08. The summed E-state index contributed by atoms with van der Waals surface area (Å²) in [5.41, 5.74) is 0.397. The molecule has 280 valence electrons. The summed E-state index contributed by atoms with van der Waals surface area (Å²) < 4.78 is 23.0. The molecular formula is C44H76N2O3. The second-order valence-electron chi connectivity index (χ2n) is 20.3. The molecule has 8 rings (SSSR count). The Bertz CT molecular complexity index is 1110. The number of rotatable bonds is 7. The first-order valence-electron chi connectivity index (χ1n) is 22.1. The van der Waals surface area contributed by atoms with Gasteiger partial charge in [-0.25, -0.2) is 4.90 Å². The van der Waals surface area contributed by atoms with Crippen LogP contribution in [0.3, 0.4) is 0 Å². The van der Waals surface area contributed by atoms with Crippen LogP contribution in [0.15, 0.2) is 0 Å². The van der Waals surface area contributed by atoms with Crippen LogP contribution in [-0.2, 0) is 14.2 Å². The van der Waals surface area contributed by atoms with E-state index in [2.05, 4.69) is 65.6 Å². The minimum Gasteiger partial charge on any atom is -0.359 e. The Morgan fingerprint density at radius 3 is 2.02 bits per heavy atom. The van der Waals surface area contributed by atoms with E-state index in [1.807, 2.05) is 0 Å². The smallest absolute Gasteiger partial charge is 0.235 e. The normalized spacial score (nSPS) is 49.7. The van der Waals surface area contributed by atoms with Crippen molar-refractivity contribution >= 4 is 0 Å². The van der Waals surface area contributed by atoms with E-state index < -0.39 is 5.91 Å². The van der Waals surface area contributed by atoms with Crippen LogP contribution in [0, 0.1) is 76.4 Å². The van der Waals surface area contributed by atoms with E-state index in [-0.39, 0.29) is 18.4 Å². The number of hydrogen-bond acceptors (Lipinski definition) is 5. The first kappa shape index (κ1) is 35.8. The molecule has 14 unspecified atom stereocenters. The maximum atomic E-state index is 7.88. The van der Waals surface area contributed by atoms with Crippen molar-refractivity contribution in [2.24, 2.45) is 76.4 Å². The van der Waals surface area contributed by atoms with E-state index in [9.17, 15) is 0 Å². The van der Waals surface area contributed by atoms with Gasteiger partial charge in [0.05, 0.1) is 25.0 Å². The van der Waals surface area contributed by atoms with Crippen LogP contribution in [0.4, 0.5) is 0 Å². The molecule has 1 spiro atoms. The second kappa shape index (κ2) is 13.9. The van der Waals surface area contributed by atoms with Crippen molar-refractivity contribution in [1.29, 1.82) is 0 Å². The Kier molecular flexibility index (Phi) is 10.2. The molecule has 14 atom stereocenters. The van der Waals surface area contributed by atoms with E-state index in [4.69, 9.17) is 14.2 Å². The first-order valence-corrected chi connectivity index (χ1v) is 22.1. The third-order valence-corrected chi connectivity index (χ3v) is 16.9. The van der Waals surface area contributed by atoms with Crippen LogP contribution in [-0.4, -0.2) is 48.1 Å². The third-order valence-electron chi connectivity index (χ3n) is 16.9. The van der Waals surface area contributed by atoms with Crippen molar-refractivity contribution in [2.75, 3.05) is 6.67 Å². The molecule has 0 aromatic heterocycles. The highest BCUT2D eigenvalue weighted by Crippen LogP contribution is 2.66. The van der Waals surface area contributed by atoms with Gasteiger partial charge in [0.1, 0.15) is 6.23 Å². The van der Waals surface area contributed by atoms with Crippen molar-refractivity contribution in [3.63, 3.8) is 0 Å². The molecule has 0 aromatic carbocycles. The Hall–Kier alpha value is -0.200. The SMILES string of the molecule is CCC(CC)C1OC2(OC(C(CC)CC)C1C)C1CCC3C(CC(C)(C)C)CCCC3C1C1C3C(NCN12)OC1CC2CCCCC2CC13. The molecule has 49 heavy (non-hydrogen) atoms. The van der Waals surface area contributed by atoms with Gasteiger partial charge < -0.3 is 14.2 Å². The molecule has 4 aliphatic carbocycles. The third kappa shape index (κ3) is 5.95. The van der Waals surface area contributed by atoms with E-state index in [1.165, 1.54) is 103 Å². The van der Waals surface area contributed by atoms with Crippen molar-refractivity contribution in [2.45, 2.75) is 195 Å². The topological polar surface area (TPSA) is 43.0 Å². The summed E-state index contributed by atoms with van der Waals surface area (Å²) in [4.78, 5) is 2.88. The van der Waals surface area contributed by atoms with Crippen LogP contribution in [0.5, 0.6) is 0 Å². The van der Waals surface area contributed by atoms with Crippen molar-refractivity contribution in [1.82, 2.24) is 10.2 Å². The lowest BCUT2D eigenvalue weighted by atomic mass is 9.54. The largest absolute Gasteiger partial charge is 0.359 e. The van der Waals surface area contributed by atoms with Crippen LogP contribution in [0.2, 0.25) is 0 Å². The Morgan fingerprint density at radius 1 is 0.735 bits per heavy atom. The fourth-order valence-corrected chi connectivity index (χ4v) is 14.9. The molecule has 4 aliphatic heterocycles. The zero-order valence-corrected chi connectivity index (χ0v) is 33.0. The lowest BCUT2D eigenvalue weighted by Gasteiger charge is -2.57. The molecule has 5 nitrogen and oxygen atoms in total. The van der Waals surface area contributed by atoms with Gasteiger partial charge in [-0.05, 0) is 97.2 Å². The minimum absolute atomic E-state index is 0.203. The molecule has 4 saturated heterocycles. The molecule has 0 radical (unpaired) electrons. The van der Waals surface area contributed by atoms with Gasteiger partial charge in [0, 0.05) is 23.8 Å². The molecule has 4 saturated carbocycles. The highest BCUT2D eigenvalue weighted by molar-refractivity contribution is 5.16. The first-order chi connectivity index (χ1) is 23.6. The van der Waals surface area contributed by atoms with Gasteiger partial charge in [-0.3, -0.25) is 5.32 Å². The highest BCUT2D eigenvalue weighted by Gasteiger charge is 2.73. The minimum atomic E-state index is -0.609. The molecular weight excluding hydrogens is 604 g/mol. The Balaban J connectivity index is 1.22. The van der Waals surface area contributed by atoms with Crippen molar-refractivity contribution in [3.05, 3.63) is 0 Å². The maximum Gasteiger partial charge on any atom is 0.235 e. The molecule has 1 N–H and O–H groups in total. The summed E-state index contributed by atoms with van der Waals surface area (Å²) in [6.45, 7) is 20.4. The molecule has 0 bridgehead atoms. The average Bonchev–Trinajstić information content (AvgIpc) is 3.58. The summed E-state index contributed by atoms with van der Waals surface area (Å²) in [5.74, 6) is 7.67. The summed E-state index contributed by atoms with van der Waals surface area (Å²) in [6.07, 6.45) is 22.7. The molecule has 8 fully saturated rings. The average molecular weight is 681 g/mol. The zero-order chi connectivity index (χ0) is 34.2.